The fraction of sp³-hybridized carbons (Fsp3) is 0.529. The van der Waals surface area contributed by atoms with Crippen LogP contribution in [0, 0.1) is 0 Å². The zero-order valence-corrected chi connectivity index (χ0v) is 15.7. The van der Waals surface area contributed by atoms with Gasteiger partial charge in [-0.3, -0.25) is 9.59 Å². The van der Waals surface area contributed by atoms with E-state index in [9.17, 15) is 9.59 Å². The van der Waals surface area contributed by atoms with E-state index < -0.39 is 0 Å². The van der Waals surface area contributed by atoms with Crippen LogP contribution in [-0.4, -0.2) is 52.4 Å². The van der Waals surface area contributed by atoms with E-state index in [2.05, 4.69) is 0 Å². The quantitative estimate of drug-likeness (QED) is 0.797. The highest BCUT2D eigenvalue weighted by molar-refractivity contribution is 7.99. The molecule has 0 aliphatic carbocycles. The number of hydrogen-bond acceptors (Lipinski definition) is 4. The van der Waals surface area contributed by atoms with Crippen molar-refractivity contribution < 1.29 is 9.59 Å². The van der Waals surface area contributed by atoms with Crippen molar-refractivity contribution >= 4 is 36.0 Å². The lowest BCUT2D eigenvalue weighted by Crippen LogP contribution is -2.49. The molecule has 1 aromatic carbocycles. The van der Waals surface area contributed by atoms with Gasteiger partial charge in [-0.2, -0.15) is 0 Å². The van der Waals surface area contributed by atoms with E-state index in [0.717, 1.165) is 12.0 Å². The number of benzene rings is 1. The zero-order chi connectivity index (χ0) is 16.7. The first-order valence-corrected chi connectivity index (χ1v) is 9.22. The van der Waals surface area contributed by atoms with Crippen molar-refractivity contribution in [2.75, 3.05) is 24.7 Å². The highest BCUT2D eigenvalue weighted by Gasteiger charge is 2.36. The Morgan fingerprint density at radius 2 is 2.04 bits per heavy atom. The second-order valence-electron chi connectivity index (χ2n) is 5.62. The Hall–Kier alpha value is -1.24. The van der Waals surface area contributed by atoms with Crippen LogP contribution < -0.4 is 5.73 Å². The third-order valence-corrected chi connectivity index (χ3v) is 4.96. The minimum atomic E-state index is -0.339. The van der Waals surface area contributed by atoms with Gasteiger partial charge < -0.3 is 15.5 Å². The molecule has 5 nitrogen and oxygen atoms in total. The van der Waals surface area contributed by atoms with Gasteiger partial charge in [-0.25, -0.2) is 0 Å². The maximum absolute atomic E-state index is 13.0. The summed E-state index contributed by atoms with van der Waals surface area (Å²) in [5.41, 5.74) is 6.71. The lowest BCUT2D eigenvalue weighted by molar-refractivity contribution is -0.143. The van der Waals surface area contributed by atoms with Crippen molar-refractivity contribution in [2.24, 2.45) is 5.73 Å². The summed E-state index contributed by atoms with van der Waals surface area (Å²) in [5.74, 6) is 1.37. The van der Waals surface area contributed by atoms with Crippen LogP contribution in [0.1, 0.15) is 25.3 Å². The Labute approximate surface area is 154 Å². The fourth-order valence-corrected chi connectivity index (χ4v) is 3.83. The molecule has 134 valence electrons. The topological polar surface area (TPSA) is 66.6 Å². The largest absolute Gasteiger partial charge is 0.337 e. The van der Waals surface area contributed by atoms with Gasteiger partial charge in [0.2, 0.25) is 11.8 Å². The standard InChI is InChI=1S/C17H25N3O2S.ClH/c1-2-16(21)20-13-23-12-15(20)17(22)19(10-6-9-18)11-14-7-4-3-5-8-14;/h3-5,7-8,15H,2,6,9-13,18H2,1H3;1H. The van der Waals surface area contributed by atoms with Gasteiger partial charge in [0, 0.05) is 25.3 Å². The molecule has 0 saturated carbocycles. The lowest BCUT2D eigenvalue weighted by atomic mass is 10.1. The molecule has 0 bridgehead atoms. The van der Waals surface area contributed by atoms with Gasteiger partial charge in [-0.1, -0.05) is 37.3 Å². The smallest absolute Gasteiger partial charge is 0.246 e. The van der Waals surface area contributed by atoms with Crippen LogP contribution in [0.4, 0.5) is 0 Å². The molecule has 1 fully saturated rings. The monoisotopic (exact) mass is 371 g/mol. The number of rotatable bonds is 7. The van der Waals surface area contributed by atoms with Crippen molar-refractivity contribution in [2.45, 2.75) is 32.4 Å². The summed E-state index contributed by atoms with van der Waals surface area (Å²) in [6.07, 6.45) is 1.20. The third-order valence-electron chi connectivity index (χ3n) is 3.95. The van der Waals surface area contributed by atoms with Crippen molar-refractivity contribution in [3.8, 4) is 0 Å². The maximum Gasteiger partial charge on any atom is 0.246 e. The molecule has 1 heterocycles. The predicted molar refractivity (Wildman–Crippen MR) is 101 cm³/mol. The first-order chi connectivity index (χ1) is 11.2. The number of thioether (sulfide) groups is 1. The molecule has 2 amide bonds. The third kappa shape index (κ3) is 5.40. The van der Waals surface area contributed by atoms with Crippen LogP contribution in [0.5, 0.6) is 0 Å². The minimum absolute atomic E-state index is 0. The van der Waals surface area contributed by atoms with Crippen LogP contribution in [0.2, 0.25) is 0 Å². The van der Waals surface area contributed by atoms with Crippen LogP contribution >= 0.6 is 24.2 Å². The molecular weight excluding hydrogens is 346 g/mol. The molecule has 0 aromatic heterocycles. The summed E-state index contributed by atoms with van der Waals surface area (Å²) in [6, 6.07) is 9.60. The predicted octanol–water partition coefficient (Wildman–Crippen LogP) is 2.10. The van der Waals surface area contributed by atoms with E-state index >= 15 is 0 Å². The van der Waals surface area contributed by atoms with Gasteiger partial charge in [0.25, 0.3) is 0 Å². The summed E-state index contributed by atoms with van der Waals surface area (Å²) in [6.45, 7) is 3.58. The summed E-state index contributed by atoms with van der Waals surface area (Å²) >= 11 is 1.64. The van der Waals surface area contributed by atoms with Crippen molar-refractivity contribution in [3.63, 3.8) is 0 Å². The van der Waals surface area contributed by atoms with Gasteiger partial charge in [0.05, 0.1) is 5.88 Å². The van der Waals surface area contributed by atoms with Crippen molar-refractivity contribution in [3.05, 3.63) is 35.9 Å². The molecule has 1 saturated heterocycles. The van der Waals surface area contributed by atoms with E-state index in [0.29, 0.717) is 37.7 Å². The lowest BCUT2D eigenvalue weighted by Gasteiger charge is -2.30. The Morgan fingerprint density at radius 3 is 2.67 bits per heavy atom. The van der Waals surface area contributed by atoms with Crippen molar-refractivity contribution in [1.29, 1.82) is 0 Å². The summed E-state index contributed by atoms with van der Waals surface area (Å²) in [4.78, 5) is 28.6. The summed E-state index contributed by atoms with van der Waals surface area (Å²) < 4.78 is 0. The summed E-state index contributed by atoms with van der Waals surface area (Å²) in [7, 11) is 0. The Kier molecular flexibility index (Phi) is 9.18. The maximum atomic E-state index is 13.0. The molecule has 1 aliphatic heterocycles. The number of hydrogen-bond donors (Lipinski definition) is 1. The fourth-order valence-electron chi connectivity index (χ4n) is 2.66. The molecule has 24 heavy (non-hydrogen) atoms. The SMILES string of the molecule is CCC(=O)N1CSCC1C(=O)N(CCCN)Cc1ccccc1.Cl. The number of carbonyl (C=O) groups excluding carboxylic acids is 2. The van der Waals surface area contributed by atoms with Gasteiger partial charge in [0.1, 0.15) is 6.04 Å². The van der Waals surface area contributed by atoms with Crippen LogP contribution in [0.25, 0.3) is 0 Å². The average molecular weight is 372 g/mol. The van der Waals surface area contributed by atoms with Crippen molar-refractivity contribution in [1.82, 2.24) is 9.80 Å². The molecule has 2 N–H and O–H groups in total. The van der Waals surface area contributed by atoms with Crippen LogP contribution in [0.15, 0.2) is 30.3 Å². The summed E-state index contributed by atoms with van der Waals surface area (Å²) in [5, 5.41) is 0. The number of nitrogens with zero attached hydrogens (tertiary/aromatic N) is 2. The number of halogens is 1. The first kappa shape index (κ1) is 20.8. The van der Waals surface area contributed by atoms with Gasteiger partial charge in [-0.05, 0) is 18.5 Å². The Morgan fingerprint density at radius 1 is 1.33 bits per heavy atom. The molecule has 1 aromatic rings. The van der Waals surface area contributed by atoms with E-state index in [-0.39, 0.29) is 30.3 Å². The highest BCUT2D eigenvalue weighted by Crippen LogP contribution is 2.24. The van der Waals surface area contributed by atoms with E-state index in [1.807, 2.05) is 42.2 Å². The normalized spacial score (nSPS) is 16.6. The van der Waals surface area contributed by atoms with Gasteiger partial charge >= 0.3 is 0 Å². The highest BCUT2D eigenvalue weighted by atomic mass is 35.5. The number of carbonyl (C=O) groups is 2. The van der Waals surface area contributed by atoms with E-state index in [1.54, 1.807) is 16.7 Å². The molecule has 0 spiro atoms. The average Bonchev–Trinajstić information content (AvgIpc) is 3.07. The molecule has 7 heteroatoms. The zero-order valence-electron chi connectivity index (χ0n) is 14.0. The first-order valence-electron chi connectivity index (χ1n) is 8.07. The second kappa shape index (κ2) is 10.6. The van der Waals surface area contributed by atoms with Crippen LogP contribution in [0.3, 0.4) is 0 Å². The molecule has 1 atom stereocenters. The van der Waals surface area contributed by atoms with Gasteiger partial charge in [0.15, 0.2) is 0 Å². The molecule has 2 rings (SSSR count). The second-order valence-corrected chi connectivity index (χ2v) is 6.62. The van der Waals surface area contributed by atoms with E-state index in [1.165, 1.54) is 0 Å². The molecular formula is C17H26ClN3O2S. The Balaban J connectivity index is 0.00000288. The molecule has 1 aliphatic rings. The minimum Gasteiger partial charge on any atom is -0.337 e. The van der Waals surface area contributed by atoms with E-state index in [4.69, 9.17) is 5.73 Å². The molecule has 0 radical (unpaired) electrons. The Bertz CT molecular complexity index is 530. The number of nitrogens with two attached hydrogens (primary N) is 1. The van der Waals surface area contributed by atoms with Crippen LogP contribution in [-0.2, 0) is 16.1 Å². The molecule has 1 unspecified atom stereocenters. The van der Waals surface area contributed by atoms with Gasteiger partial charge in [-0.15, -0.1) is 24.2 Å². The number of amides is 2.